The first-order chi connectivity index (χ1) is 15.6. The van der Waals surface area contributed by atoms with E-state index in [2.05, 4.69) is 39.6 Å². The number of anilines is 1. The summed E-state index contributed by atoms with van der Waals surface area (Å²) in [6.07, 6.45) is 4.78. The molecule has 2 aliphatic heterocycles. The van der Waals surface area contributed by atoms with Gasteiger partial charge >= 0.3 is 0 Å². The largest absolute Gasteiger partial charge is 0.497 e. The van der Waals surface area contributed by atoms with Crippen LogP contribution >= 0.6 is 0 Å². The molecule has 1 aromatic carbocycles. The molecule has 0 saturated carbocycles. The van der Waals surface area contributed by atoms with E-state index in [1.165, 1.54) is 11.1 Å². The van der Waals surface area contributed by atoms with Crippen LogP contribution in [0.5, 0.6) is 5.75 Å². The summed E-state index contributed by atoms with van der Waals surface area (Å²) in [5, 5.41) is 0. The van der Waals surface area contributed by atoms with Crippen molar-refractivity contribution < 1.29 is 4.74 Å². The zero-order chi connectivity index (χ0) is 22.2. The Labute approximate surface area is 188 Å². The van der Waals surface area contributed by atoms with Gasteiger partial charge in [0.15, 0.2) is 0 Å². The van der Waals surface area contributed by atoms with Crippen LogP contribution in [0.2, 0.25) is 0 Å². The molecule has 3 atom stereocenters. The molecule has 3 aromatic rings. The lowest BCUT2D eigenvalue weighted by molar-refractivity contribution is 0.210. The summed E-state index contributed by atoms with van der Waals surface area (Å²) < 4.78 is 7.51. The van der Waals surface area contributed by atoms with Crippen molar-refractivity contribution >= 4 is 5.82 Å². The maximum Gasteiger partial charge on any atom is 0.251 e. The highest BCUT2D eigenvalue weighted by molar-refractivity contribution is 5.48. The number of ether oxygens (including phenoxy) is 1. The highest BCUT2D eigenvalue weighted by Gasteiger charge is 2.41. The fraction of sp³-hybridized carbons (Fsp3) is 0.423. The summed E-state index contributed by atoms with van der Waals surface area (Å²) in [5.74, 6) is 3.40. The second kappa shape index (κ2) is 8.41. The number of hydrogen-bond acceptors (Lipinski definition) is 5. The molecule has 2 aliphatic rings. The number of methoxy groups -OCH3 is 1. The first-order valence-electron chi connectivity index (χ1n) is 11.5. The lowest BCUT2D eigenvalue weighted by Crippen LogP contribution is -2.50. The number of aryl methyl sites for hydroxylation is 2. The number of nitrogens with zero attached hydrogens (tertiary/aromatic N) is 4. The van der Waals surface area contributed by atoms with E-state index in [0.717, 1.165) is 55.4 Å². The fourth-order valence-corrected chi connectivity index (χ4v) is 5.52. The standard InChI is InChI=1S/C26H30N4O2/c1-4-19-14-27-17(2)28-26(19)29-15-20-13-21(16-29)24(30-23(20)9-6-10-25(30)31)12-18-7-5-8-22(11-18)32-3/h5-11,14,20-21,24H,4,12-13,15-16H2,1-3H3/t20-,21+,24+/m1/s1. The molecule has 1 saturated heterocycles. The molecular weight excluding hydrogens is 400 g/mol. The molecular formula is C26H30N4O2. The zero-order valence-corrected chi connectivity index (χ0v) is 19.0. The summed E-state index contributed by atoms with van der Waals surface area (Å²) in [5.41, 5.74) is 3.63. The fourth-order valence-electron chi connectivity index (χ4n) is 5.52. The van der Waals surface area contributed by atoms with E-state index in [0.29, 0.717) is 11.8 Å². The lowest BCUT2D eigenvalue weighted by Gasteiger charge is -2.47. The Morgan fingerprint density at radius 2 is 2.00 bits per heavy atom. The molecule has 1 fully saturated rings. The number of rotatable bonds is 5. The normalized spacial score (nSPS) is 21.8. The van der Waals surface area contributed by atoms with Gasteiger partial charge in [-0.2, -0.15) is 0 Å². The van der Waals surface area contributed by atoms with Gasteiger partial charge < -0.3 is 14.2 Å². The van der Waals surface area contributed by atoms with Gasteiger partial charge in [-0.15, -0.1) is 0 Å². The van der Waals surface area contributed by atoms with Crippen molar-refractivity contribution in [1.82, 2.24) is 14.5 Å². The van der Waals surface area contributed by atoms with Crippen molar-refractivity contribution in [3.8, 4) is 5.75 Å². The monoisotopic (exact) mass is 430 g/mol. The first-order valence-corrected chi connectivity index (χ1v) is 11.5. The van der Waals surface area contributed by atoms with Crippen LogP contribution in [-0.2, 0) is 12.8 Å². The van der Waals surface area contributed by atoms with Gasteiger partial charge in [0.25, 0.3) is 5.56 Å². The van der Waals surface area contributed by atoms with Crippen molar-refractivity contribution in [1.29, 1.82) is 0 Å². The molecule has 6 heteroatoms. The van der Waals surface area contributed by atoms with Crippen LogP contribution in [0.1, 0.15) is 47.9 Å². The summed E-state index contributed by atoms with van der Waals surface area (Å²) >= 11 is 0. The van der Waals surface area contributed by atoms with Crippen molar-refractivity contribution in [2.24, 2.45) is 5.92 Å². The molecule has 6 nitrogen and oxygen atoms in total. The maximum absolute atomic E-state index is 13.0. The molecule has 4 heterocycles. The minimum Gasteiger partial charge on any atom is -0.497 e. The molecule has 166 valence electrons. The quantitative estimate of drug-likeness (QED) is 0.614. The maximum atomic E-state index is 13.0. The van der Waals surface area contributed by atoms with Gasteiger partial charge in [-0.05, 0) is 55.9 Å². The van der Waals surface area contributed by atoms with Gasteiger partial charge in [0.05, 0.1) is 7.11 Å². The Morgan fingerprint density at radius 3 is 2.81 bits per heavy atom. The zero-order valence-electron chi connectivity index (χ0n) is 19.0. The smallest absolute Gasteiger partial charge is 0.251 e. The summed E-state index contributed by atoms with van der Waals surface area (Å²) in [7, 11) is 1.69. The van der Waals surface area contributed by atoms with Crippen molar-refractivity contribution in [3.05, 3.63) is 81.7 Å². The van der Waals surface area contributed by atoms with Crippen LogP contribution in [0.25, 0.3) is 0 Å². The Kier molecular flexibility index (Phi) is 5.45. The van der Waals surface area contributed by atoms with Gasteiger partial charge in [0, 0.05) is 48.6 Å². The van der Waals surface area contributed by atoms with Gasteiger partial charge in [0.2, 0.25) is 0 Å². The molecule has 2 aromatic heterocycles. The van der Waals surface area contributed by atoms with Gasteiger partial charge in [0.1, 0.15) is 17.4 Å². The molecule has 5 rings (SSSR count). The SMILES string of the molecule is CCc1cnc(C)nc1N1C[C@H]2C[C@@H](C1)[C@H](Cc1cccc(OC)c1)n1c2cccc1=O. The summed E-state index contributed by atoms with van der Waals surface area (Å²) in [6.45, 7) is 5.89. The third kappa shape index (κ3) is 3.68. The number of benzene rings is 1. The van der Waals surface area contributed by atoms with Crippen molar-refractivity contribution in [3.63, 3.8) is 0 Å². The van der Waals surface area contributed by atoms with Crippen molar-refractivity contribution in [2.45, 2.75) is 45.1 Å². The molecule has 0 unspecified atom stereocenters. The van der Waals surface area contributed by atoms with E-state index in [1.807, 2.05) is 31.3 Å². The Morgan fingerprint density at radius 1 is 1.16 bits per heavy atom. The van der Waals surface area contributed by atoms with Gasteiger partial charge in [-0.1, -0.05) is 25.1 Å². The molecule has 0 N–H and O–H groups in total. The van der Waals surface area contributed by atoms with E-state index in [-0.39, 0.29) is 11.6 Å². The molecule has 0 radical (unpaired) electrons. The van der Waals surface area contributed by atoms with Crippen LogP contribution < -0.4 is 15.2 Å². The van der Waals surface area contributed by atoms with E-state index in [4.69, 9.17) is 9.72 Å². The second-order valence-corrected chi connectivity index (χ2v) is 9.00. The average molecular weight is 431 g/mol. The number of fused-ring (bicyclic) bond motifs is 4. The van der Waals surface area contributed by atoms with Crippen LogP contribution in [0.15, 0.2) is 53.5 Å². The average Bonchev–Trinajstić information content (AvgIpc) is 2.82. The number of pyridine rings is 1. The van der Waals surface area contributed by atoms with E-state index in [9.17, 15) is 4.79 Å². The van der Waals surface area contributed by atoms with E-state index >= 15 is 0 Å². The highest BCUT2D eigenvalue weighted by Crippen LogP contribution is 2.43. The molecule has 2 bridgehead atoms. The summed E-state index contributed by atoms with van der Waals surface area (Å²) in [6, 6.07) is 14.1. The number of aromatic nitrogens is 3. The van der Waals surface area contributed by atoms with E-state index < -0.39 is 0 Å². The third-order valence-electron chi connectivity index (χ3n) is 7.02. The Bertz CT molecular complexity index is 1190. The predicted octanol–water partition coefficient (Wildman–Crippen LogP) is 3.93. The minimum absolute atomic E-state index is 0.102. The predicted molar refractivity (Wildman–Crippen MR) is 126 cm³/mol. The van der Waals surface area contributed by atoms with Gasteiger partial charge in [-0.3, -0.25) is 4.79 Å². The molecule has 0 aliphatic carbocycles. The van der Waals surface area contributed by atoms with Crippen LogP contribution in [-0.4, -0.2) is 34.7 Å². The van der Waals surface area contributed by atoms with Crippen LogP contribution in [0.3, 0.4) is 0 Å². The second-order valence-electron chi connectivity index (χ2n) is 9.00. The van der Waals surface area contributed by atoms with Crippen LogP contribution in [0.4, 0.5) is 5.82 Å². The lowest BCUT2D eigenvalue weighted by atomic mass is 9.76. The first kappa shape index (κ1) is 20.7. The van der Waals surface area contributed by atoms with Crippen LogP contribution in [0, 0.1) is 12.8 Å². The van der Waals surface area contributed by atoms with Gasteiger partial charge in [-0.25, -0.2) is 9.97 Å². The Balaban J connectivity index is 1.55. The van der Waals surface area contributed by atoms with Crippen molar-refractivity contribution in [2.75, 3.05) is 25.1 Å². The molecule has 32 heavy (non-hydrogen) atoms. The highest BCUT2D eigenvalue weighted by atomic mass is 16.5. The van der Waals surface area contributed by atoms with E-state index in [1.54, 1.807) is 13.2 Å². The topological polar surface area (TPSA) is 60.2 Å². The molecule has 0 amide bonds. The minimum atomic E-state index is 0.102. The Hall–Kier alpha value is -3.15. The number of hydrogen-bond donors (Lipinski definition) is 0. The molecule has 0 spiro atoms. The number of piperidine rings is 1. The summed E-state index contributed by atoms with van der Waals surface area (Å²) in [4.78, 5) is 24.7. The third-order valence-corrected chi connectivity index (χ3v) is 7.02.